The maximum Gasteiger partial charge on any atom is 0.267 e. The summed E-state index contributed by atoms with van der Waals surface area (Å²) in [7, 11) is 3.49. The molecule has 5 nitrogen and oxygen atoms in total. The van der Waals surface area contributed by atoms with Crippen molar-refractivity contribution in [2.45, 2.75) is 45.1 Å². The third kappa shape index (κ3) is 4.51. The molecule has 1 aliphatic carbocycles. The average Bonchev–Trinajstić information content (AvgIpc) is 2.60. The Morgan fingerprint density at radius 3 is 2.71 bits per heavy atom. The van der Waals surface area contributed by atoms with E-state index in [0.29, 0.717) is 17.5 Å². The zero-order valence-electron chi connectivity index (χ0n) is 14.6. The minimum absolute atomic E-state index is 0.103. The van der Waals surface area contributed by atoms with Gasteiger partial charge in [-0.2, -0.15) is 5.26 Å². The lowest BCUT2D eigenvalue weighted by Crippen LogP contribution is -2.30. The first-order chi connectivity index (χ1) is 11.5. The Labute approximate surface area is 143 Å². The fourth-order valence-electron chi connectivity index (χ4n) is 3.04. The molecule has 0 aliphatic heterocycles. The number of ether oxygens (including phenoxy) is 1. The van der Waals surface area contributed by atoms with Gasteiger partial charge in [0.25, 0.3) is 5.91 Å². The maximum atomic E-state index is 12.5. The smallest absolute Gasteiger partial charge is 0.267 e. The SMILES string of the molecule is COc1ccc(C)cc1NC(=O)/C(C#N)=C\N(C)C1CCCCC1. The lowest BCUT2D eigenvalue weighted by atomic mass is 9.94. The molecule has 1 saturated carbocycles. The highest BCUT2D eigenvalue weighted by atomic mass is 16.5. The van der Waals surface area contributed by atoms with Gasteiger partial charge in [-0.25, -0.2) is 0 Å². The average molecular weight is 327 g/mol. The van der Waals surface area contributed by atoms with Gasteiger partial charge in [0.1, 0.15) is 17.4 Å². The Hall–Kier alpha value is -2.48. The van der Waals surface area contributed by atoms with Crippen LogP contribution in [0.1, 0.15) is 37.7 Å². The molecule has 1 fully saturated rings. The Morgan fingerprint density at radius 2 is 2.08 bits per heavy atom. The molecule has 0 saturated heterocycles. The van der Waals surface area contributed by atoms with Crippen molar-refractivity contribution >= 4 is 11.6 Å². The van der Waals surface area contributed by atoms with Crippen molar-refractivity contribution in [2.75, 3.05) is 19.5 Å². The third-order valence-electron chi connectivity index (χ3n) is 4.45. The highest BCUT2D eigenvalue weighted by molar-refractivity contribution is 6.07. The van der Waals surface area contributed by atoms with Crippen LogP contribution >= 0.6 is 0 Å². The molecule has 128 valence electrons. The van der Waals surface area contributed by atoms with Crippen LogP contribution in [-0.2, 0) is 4.79 Å². The number of rotatable bonds is 5. The number of hydrogen-bond donors (Lipinski definition) is 1. The second-order valence-corrected chi connectivity index (χ2v) is 6.27. The number of carbonyl (C=O) groups excluding carboxylic acids is 1. The molecule has 1 aromatic rings. The minimum atomic E-state index is -0.413. The summed E-state index contributed by atoms with van der Waals surface area (Å²) in [5.41, 5.74) is 1.68. The molecule has 1 aliphatic rings. The number of benzene rings is 1. The number of methoxy groups -OCH3 is 1. The van der Waals surface area contributed by atoms with Crippen LogP contribution in [0.25, 0.3) is 0 Å². The summed E-state index contributed by atoms with van der Waals surface area (Å²) in [6.45, 7) is 1.94. The van der Waals surface area contributed by atoms with E-state index in [1.165, 1.54) is 19.3 Å². The van der Waals surface area contributed by atoms with Gasteiger partial charge in [-0.3, -0.25) is 4.79 Å². The molecule has 5 heteroatoms. The third-order valence-corrected chi connectivity index (χ3v) is 4.45. The second-order valence-electron chi connectivity index (χ2n) is 6.27. The molecule has 0 unspecified atom stereocenters. The van der Waals surface area contributed by atoms with Crippen LogP contribution in [0.4, 0.5) is 5.69 Å². The molecular formula is C19H25N3O2. The Bertz CT molecular complexity index is 655. The van der Waals surface area contributed by atoms with E-state index in [2.05, 4.69) is 5.32 Å². The molecule has 0 atom stereocenters. The Kier molecular flexibility index (Phi) is 6.25. The number of aryl methyl sites for hydroxylation is 1. The molecule has 0 heterocycles. The number of nitriles is 1. The van der Waals surface area contributed by atoms with E-state index in [1.807, 2.05) is 37.1 Å². The van der Waals surface area contributed by atoms with E-state index in [1.54, 1.807) is 19.4 Å². The van der Waals surface area contributed by atoms with E-state index in [0.717, 1.165) is 18.4 Å². The van der Waals surface area contributed by atoms with Gasteiger partial charge in [0.05, 0.1) is 12.8 Å². The lowest BCUT2D eigenvalue weighted by molar-refractivity contribution is -0.112. The number of nitrogens with one attached hydrogen (secondary N) is 1. The molecule has 1 amide bonds. The molecule has 2 rings (SSSR count). The van der Waals surface area contributed by atoms with Crippen LogP contribution in [0.15, 0.2) is 30.0 Å². The maximum absolute atomic E-state index is 12.5. The minimum Gasteiger partial charge on any atom is -0.495 e. The van der Waals surface area contributed by atoms with Crippen molar-refractivity contribution in [1.82, 2.24) is 4.90 Å². The van der Waals surface area contributed by atoms with E-state index in [9.17, 15) is 10.1 Å². The van der Waals surface area contributed by atoms with Gasteiger partial charge in [0, 0.05) is 19.3 Å². The van der Waals surface area contributed by atoms with Gasteiger partial charge in [0.2, 0.25) is 0 Å². The summed E-state index contributed by atoms with van der Waals surface area (Å²) in [4.78, 5) is 14.5. The standard InChI is InChI=1S/C19H25N3O2/c1-14-9-10-18(24-3)17(11-14)21-19(23)15(12-20)13-22(2)16-7-5-4-6-8-16/h9-11,13,16H,4-8H2,1-3H3,(H,21,23)/b15-13-. The summed E-state index contributed by atoms with van der Waals surface area (Å²) < 4.78 is 5.26. The summed E-state index contributed by atoms with van der Waals surface area (Å²) in [6.07, 6.45) is 7.56. The fraction of sp³-hybridized carbons (Fsp3) is 0.474. The van der Waals surface area contributed by atoms with Gasteiger partial charge in [-0.1, -0.05) is 25.3 Å². The molecule has 1 N–H and O–H groups in total. The van der Waals surface area contributed by atoms with Gasteiger partial charge < -0.3 is 15.0 Å². The van der Waals surface area contributed by atoms with Gasteiger partial charge in [-0.15, -0.1) is 0 Å². The first-order valence-electron chi connectivity index (χ1n) is 8.35. The van der Waals surface area contributed by atoms with Crippen molar-refractivity contribution in [2.24, 2.45) is 0 Å². The van der Waals surface area contributed by atoms with E-state index < -0.39 is 5.91 Å². The summed E-state index contributed by atoms with van der Waals surface area (Å²) in [6, 6.07) is 7.96. The van der Waals surface area contributed by atoms with Crippen LogP contribution in [0.3, 0.4) is 0 Å². The van der Waals surface area contributed by atoms with Crippen LogP contribution in [-0.4, -0.2) is 31.0 Å². The number of anilines is 1. The molecule has 0 spiro atoms. The first-order valence-corrected chi connectivity index (χ1v) is 8.35. The topological polar surface area (TPSA) is 65.4 Å². The molecular weight excluding hydrogens is 302 g/mol. The number of nitrogens with zero attached hydrogens (tertiary/aromatic N) is 2. The zero-order chi connectivity index (χ0) is 17.5. The van der Waals surface area contributed by atoms with Gasteiger partial charge in [-0.05, 0) is 37.5 Å². The molecule has 0 bridgehead atoms. The van der Waals surface area contributed by atoms with Gasteiger partial charge in [0.15, 0.2) is 0 Å². The number of hydrogen-bond acceptors (Lipinski definition) is 4. The van der Waals surface area contributed by atoms with Crippen LogP contribution in [0.5, 0.6) is 5.75 Å². The van der Waals surface area contributed by atoms with Gasteiger partial charge >= 0.3 is 0 Å². The van der Waals surface area contributed by atoms with E-state index in [4.69, 9.17) is 4.74 Å². The van der Waals surface area contributed by atoms with E-state index in [-0.39, 0.29) is 5.57 Å². The largest absolute Gasteiger partial charge is 0.495 e. The molecule has 1 aromatic carbocycles. The van der Waals surface area contributed by atoms with Crippen molar-refractivity contribution in [3.8, 4) is 11.8 Å². The first kappa shape index (κ1) is 17.9. The van der Waals surface area contributed by atoms with Crippen molar-refractivity contribution in [3.63, 3.8) is 0 Å². The number of amides is 1. The van der Waals surface area contributed by atoms with E-state index >= 15 is 0 Å². The predicted octanol–water partition coefficient (Wildman–Crippen LogP) is 3.61. The highest BCUT2D eigenvalue weighted by Gasteiger charge is 2.19. The Balaban J connectivity index is 2.12. The second kappa shape index (κ2) is 8.39. The Morgan fingerprint density at radius 1 is 1.38 bits per heavy atom. The number of carbonyl (C=O) groups is 1. The van der Waals surface area contributed by atoms with Crippen molar-refractivity contribution in [3.05, 3.63) is 35.5 Å². The quantitative estimate of drug-likeness (QED) is 0.663. The zero-order valence-corrected chi connectivity index (χ0v) is 14.6. The van der Waals surface area contributed by atoms with Crippen molar-refractivity contribution in [1.29, 1.82) is 5.26 Å². The van der Waals surface area contributed by atoms with Crippen molar-refractivity contribution < 1.29 is 9.53 Å². The summed E-state index contributed by atoms with van der Waals surface area (Å²) in [5, 5.41) is 12.1. The molecule has 0 radical (unpaired) electrons. The molecule has 24 heavy (non-hydrogen) atoms. The summed E-state index contributed by atoms with van der Waals surface area (Å²) in [5.74, 6) is 0.163. The van der Waals surface area contributed by atoms with Crippen LogP contribution < -0.4 is 10.1 Å². The molecule has 0 aromatic heterocycles. The van der Waals surface area contributed by atoms with Crippen LogP contribution in [0, 0.1) is 18.3 Å². The normalized spacial score (nSPS) is 15.5. The summed E-state index contributed by atoms with van der Waals surface area (Å²) >= 11 is 0. The fourth-order valence-corrected chi connectivity index (χ4v) is 3.04. The predicted molar refractivity (Wildman–Crippen MR) is 94.7 cm³/mol. The van der Waals surface area contributed by atoms with Crippen LogP contribution in [0.2, 0.25) is 0 Å². The monoisotopic (exact) mass is 327 g/mol. The highest BCUT2D eigenvalue weighted by Crippen LogP contribution is 2.26. The lowest BCUT2D eigenvalue weighted by Gasteiger charge is -2.30.